The van der Waals surface area contributed by atoms with Gasteiger partial charge in [-0.25, -0.2) is 14.3 Å². The summed E-state index contributed by atoms with van der Waals surface area (Å²) >= 11 is 0. The van der Waals surface area contributed by atoms with Gasteiger partial charge in [0.1, 0.15) is 12.1 Å². The number of rotatable bonds is 1. The zero-order valence-corrected chi connectivity index (χ0v) is 13.6. The fraction of sp³-hybridized carbons (Fsp3) is 0.412. The van der Waals surface area contributed by atoms with E-state index in [1.807, 2.05) is 18.2 Å². The van der Waals surface area contributed by atoms with E-state index in [-0.39, 0.29) is 5.41 Å². The maximum atomic E-state index is 12.1. The van der Waals surface area contributed by atoms with E-state index in [9.17, 15) is 4.79 Å². The normalized spacial score (nSPS) is 26.2. The quantitative estimate of drug-likeness (QED) is 0.809. The van der Waals surface area contributed by atoms with Crippen LogP contribution in [0.1, 0.15) is 18.9 Å². The summed E-state index contributed by atoms with van der Waals surface area (Å²) in [5.41, 5.74) is 2.53. The summed E-state index contributed by atoms with van der Waals surface area (Å²) in [7, 11) is 4.30. The molecule has 0 radical (unpaired) electrons. The zero-order chi connectivity index (χ0) is 16.2. The molecular formula is C17H20N4O2. The molecule has 2 aromatic rings. The summed E-state index contributed by atoms with van der Waals surface area (Å²) in [6, 6.07) is 5.91. The lowest BCUT2D eigenvalue weighted by molar-refractivity contribution is 0.202. The number of benzene rings is 1. The van der Waals surface area contributed by atoms with Crippen LogP contribution >= 0.6 is 0 Å². The van der Waals surface area contributed by atoms with Gasteiger partial charge in [-0.15, -0.1) is 0 Å². The Morgan fingerprint density at radius 2 is 2.22 bits per heavy atom. The van der Waals surface area contributed by atoms with Crippen LogP contribution in [-0.2, 0) is 5.41 Å². The van der Waals surface area contributed by atoms with E-state index < -0.39 is 6.09 Å². The number of ether oxygens (including phenoxy) is 1. The first kappa shape index (κ1) is 14.3. The van der Waals surface area contributed by atoms with Crippen molar-refractivity contribution in [3.8, 4) is 5.75 Å². The van der Waals surface area contributed by atoms with Gasteiger partial charge in [-0.3, -0.25) is 4.90 Å². The van der Waals surface area contributed by atoms with Crippen molar-refractivity contribution in [2.45, 2.75) is 24.9 Å². The molecule has 1 unspecified atom stereocenters. The minimum atomic E-state index is -0.445. The number of hydrogen-bond acceptors (Lipinski definition) is 5. The lowest BCUT2D eigenvalue weighted by atomic mass is 9.81. The van der Waals surface area contributed by atoms with Crippen LogP contribution in [0.2, 0.25) is 0 Å². The monoisotopic (exact) mass is 312 g/mol. The summed E-state index contributed by atoms with van der Waals surface area (Å²) in [5, 5.41) is 0. The number of nitrogens with zero attached hydrogens (tertiary/aromatic N) is 4. The van der Waals surface area contributed by atoms with Crippen molar-refractivity contribution >= 4 is 11.8 Å². The van der Waals surface area contributed by atoms with Gasteiger partial charge in [0.05, 0.1) is 6.17 Å². The molecule has 1 saturated heterocycles. The van der Waals surface area contributed by atoms with Crippen molar-refractivity contribution in [1.29, 1.82) is 0 Å². The maximum Gasteiger partial charge on any atom is 0.424 e. The Labute approximate surface area is 135 Å². The molecule has 2 aliphatic rings. The number of anilines is 1. The molecule has 0 bridgehead atoms. The average molecular weight is 312 g/mol. The van der Waals surface area contributed by atoms with Crippen LogP contribution in [0, 0.1) is 0 Å². The van der Waals surface area contributed by atoms with Crippen LogP contribution in [0.4, 0.5) is 10.5 Å². The number of carbonyl (C=O) groups excluding carboxylic acids is 1. The fourth-order valence-corrected chi connectivity index (χ4v) is 4.14. The molecule has 0 aliphatic carbocycles. The minimum Gasteiger partial charge on any atom is -0.410 e. The molecule has 3 heterocycles. The largest absolute Gasteiger partial charge is 0.424 e. The number of hydrogen-bond donors (Lipinski definition) is 0. The summed E-state index contributed by atoms with van der Waals surface area (Å²) < 4.78 is 6.82. The SMILES string of the molecule is CN1CC[C@]2(C)c3cc(OC(=O)n4ccnc4)ccc3N(C)C12. The van der Waals surface area contributed by atoms with Crippen molar-refractivity contribution in [2.24, 2.45) is 0 Å². The molecule has 0 amide bonds. The lowest BCUT2D eigenvalue weighted by Gasteiger charge is -2.32. The minimum absolute atomic E-state index is 0.0657. The van der Waals surface area contributed by atoms with Crippen LogP contribution in [0.25, 0.3) is 0 Å². The maximum absolute atomic E-state index is 12.1. The van der Waals surface area contributed by atoms with E-state index in [4.69, 9.17) is 4.74 Å². The molecule has 120 valence electrons. The zero-order valence-electron chi connectivity index (χ0n) is 13.6. The molecule has 6 heteroatoms. The molecule has 1 fully saturated rings. The Morgan fingerprint density at radius 3 is 2.96 bits per heavy atom. The Morgan fingerprint density at radius 1 is 1.39 bits per heavy atom. The molecule has 23 heavy (non-hydrogen) atoms. The smallest absolute Gasteiger partial charge is 0.410 e. The molecule has 0 saturated carbocycles. The molecule has 2 atom stereocenters. The number of likely N-dealkylation sites (N-methyl/N-ethyl adjacent to an activating group) is 2. The predicted molar refractivity (Wildman–Crippen MR) is 86.9 cm³/mol. The predicted octanol–water partition coefficient (Wildman–Crippen LogP) is 2.30. The van der Waals surface area contributed by atoms with Crippen LogP contribution in [0.3, 0.4) is 0 Å². The Bertz CT molecular complexity index is 758. The van der Waals surface area contributed by atoms with Crippen molar-refractivity contribution in [1.82, 2.24) is 14.5 Å². The van der Waals surface area contributed by atoms with Gasteiger partial charge in [-0.2, -0.15) is 0 Å². The fourth-order valence-electron chi connectivity index (χ4n) is 4.14. The van der Waals surface area contributed by atoms with Crippen LogP contribution in [0.15, 0.2) is 36.9 Å². The second-order valence-electron chi connectivity index (χ2n) is 6.65. The van der Waals surface area contributed by atoms with Gasteiger partial charge in [0.15, 0.2) is 0 Å². The number of likely N-dealkylation sites (tertiary alicyclic amines) is 1. The van der Waals surface area contributed by atoms with Gasteiger partial charge < -0.3 is 9.64 Å². The highest BCUT2D eigenvalue weighted by molar-refractivity contribution is 5.74. The van der Waals surface area contributed by atoms with E-state index in [1.165, 1.54) is 22.1 Å². The molecule has 4 rings (SSSR count). The lowest BCUT2D eigenvalue weighted by Crippen LogP contribution is -2.45. The summed E-state index contributed by atoms with van der Waals surface area (Å²) in [6.45, 7) is 3.37. The number of aromatic nitrogens is 2. The van der Waals surface area contributed by atoms with Crippen molar-refractivity contribution in [2.75, 3.05) is 25.5 Å². The average Bonchev–Trinajstić information content (AvgIpc) is 3.20. The van der Waals surface area contributed by atoms with Crippen LogP contribution in [0.5, 0.6) is 5.75 Å². The highest BCUT2D eigenvalue weighted by Gasteiger charge is 2.52. The molecule has 6 nitrogen and oxygen atoms in total. The standard InChI is InChI=1S/C17H20N4O2/c1-17-6-8-19(2)15(17)20(3)14-5-4-12(10-13(14)17)23-16(22)21-9-7-18-11-21/h4-5,7,9-11,15H,6,8H2,1-3H3/t15?,17-/m1/s1. The summed E-state index contributed by atoms with van der Waals surface area (Å²) in [6.07, 6.45) is 5.58. The van der Waals surface area contributed by atoms with Gasteiger partial charge in [0, 0.05) is 37.1 Å². The first-order valence-electron chi connectivity index (χ1n) is 7.78. The number of imidazole rings is 1. The Hall–Kier alpha value is -2.34. The number of fused-ring (bicyclic) bond motifs is 3. The van der Waals surface area contributed by atoms with E-state index in [0.29, 0.717) is 11.9 Å². The van der Waals surface area contributed by atoms with E-state index in [0.717, 1.165) is 13.0 Å². The molecule has 0 spiro atoms. The van der Waals surface area contributed by atoms with Gasteiger partial charge in [-0.1, -0.05) is 6.92 Å². The highest BCUT2D eigenvalue weighted by Crippen LogP contribution is 2.51. The first-order chi connectivity index (χ1) is 11.0. The molecular weight excluding hydrogens is 292 g/mol. The van der Waals surface area contributed by atoms with E-state index in [1.54, 1.807) is 12.4 Å². The van der Waals surface area contributed by atoms with Crippen molar-refractivity contribution in [3.63, 3.8) is 0 Å². The molecule has 1 aromatic carbocycles. The molecule has 0 N–H and O–H groups in total. The van der Waals surface area contributed by atoms with Gasteiger partial charge in [0.25, 0.3) is 0 Å². The topological polar surface area (TPSA) is 50.6 Å². The second kappa shape index (κ2) is 4.83. The summed E-state index contributed by atoms with van der Waals surface area (Å²) in [5.74, 6) is 0.576. The third-order valence-electron chi connectivity index (χ3n) is 5.22. The van der Waals surface area contributed by atoms with Crippen molar-refractivity contribution < 1.29 is 9.53 Å². The molecule has 1 aromatic heterocycles. The van der Waals surface area contributed by atoms with Gasteiger partial charge in [0.2, 0.25) is 0 Å². The second-order valence-corrected chi connectivity index (χ2v) is 6.65. The van der Waals surface area contributed by atoms with Crippen LogP contribution in [-0.4, -0.2) is 47.4 Å². The van der Waals surface area contributed by atoms with Gasteiger partial charge in [-0.05, 0) is 37.2 Å². The van der Waals surface area contributed by atoms with Crippen LogP contribution < -0.4 is 9.64 Å². The Balaban J connectivity index is 1.67. The van der Waals surface area contributed by atoms with E-state index >= 15 is 0 Å². The highest BCUT2D eigenvalue weighted by atomic mass is 16.6. The molecule has 2 aliphatic heterocycles. The van der Waals surface area contributed by atoms with Gasteiger partial charge >= 0.3 is 6.09 Å². The first-order valence-corrected chi connectivity index (χ1v) is 7.78. The summed E-state index contributed by atoms with van der Waals surface area (Å²) in [4.78, 5) is 20.7. The number of carbonyl (C=O) groups is 1. The third-order valence-corrected chi connectivity index (χ3v) is 5.22. The third kappa shape index (κ3) is 1.98. The van der Waals surface area contributed by atoms with E-state index in [2.05, 4.69) is 35.8 Å². The van der Waals surface area contributed by atoms with Crippen molar-refractivity contribution in [3.05, 3.63) is 42.5 Å². The Kier molecular flexibility index (Phi) is 2.99.